The molecule has 1 heterocycles. The lowest BCUT2D eigenvalue weighted by Gasteiger charge is -2.19. The van der Waals surface area contributed by atoms with Crippen LogP contribution in [0.15, 0.2) is 23.2 Å². The van der Waals surface area contributed by atoms with Crippen molar-refractivity contribution in [3.63, 3.8) is 0 Å². The van der Waals surface area contributed by atoms with Gasteiger partial charge in [0.25, 0.3) is 0 Å². The third kappa shape index (κ3) is 5.32. The smallest absolute Gasteiger partial charge is 0.231 e. The lowest BCUT2D eigenvalue weighted by molar-refractivity contribution is 0.174. The summed E-state index contributed by atoms with van der Waals surface area (Å²) in [6.45, 7) is 12.2. The van der Waals surface area contributed by atoms with Crippen LogP contribution in [0.4, 0.5) is 0 Å². The van der Waals surface area contributed by atoms with Gasteiger partial charge in [0, 0.05) is 19.6 Å². The molecule has 0 radical (unpaired) electrons. The molecule has 23 heavy (non-hydrogen) atoms. The van der Waals surface area contributed by atoms with Crippen molar-refractivity contribution < 1.29 is 9.47 Å². The average molecular weight is 320 g/mol. The number of rotatable bonds is 8. The minimum absolute atomic E-state index is 0.303. The molecule has 6 nitrogen and oxygen atoms in total. The van der Waals surface area contributed by atoms with E-state index < -0.39 is 0 Å². The summed E-state index contributed by atoms with van der Waals surface area (Å²) in [6, 6.07) is 5.95. The lowest BCUT2D eigenvalue weighted by atomic mass is 10.2. The number of hydrogen-bond donors (Lipinski definition) is 2. The molecule has 2 N–H and O–H groups in total. The van der Waals surface area contributed by atoms with Crippen LogP contribution in [0.2, 0.25) is 0 Å². The average Bonchev–Trinajstić information content (AvgIpc) is 3.04. The Morgan fingerprint density at radius 2 is 1.91 bits per heavy atom. The third-order valence-electron chi connectivity index (χ3n) is 3.82. The van der Waals surface area contributed by atoms with E-state index in [1.165, 1.54) is 0 Å². The van der Waals surface area contributed by atoms with Gasteiger partial charge in [0.15, 0.2) is 17.5 Å². The number of benzene rings is 1. The summed E-state index contributed by atoms with van der Waals surface area (Å²) in [5, 5.41) is 6.66. The van der Waals surface area contributed by atoms with Gasteiger partial charge in [0.2, 0.25) is 6.79 Å². The Morgan fingerprint density at radius 1 is 1.13 bits per heavy atom. The maximum absolute atomic E-state index is 5.40. The second-order valence-corrected chi connectivity index (χ2v) is 5.34. The second kappa shape index (κ2) is 9.25. The van der Waals surface area contributed by atoms with Crippen molar-refractivity contribution >= 4 is 5.96 Å². The molecule has 128 valence electrons. The van der Waals surface area contributed by atoms with Gasteiger partial charge in [0.1, 0.15) is 0 Å². The van der Waals surface area contributed by atoms with Gasteiger partial charge in [-0.05, 0) is 37.7 Å². The van der Waals surface area contributed by atoms with Crippen molar-refractivity contribution in [2.24, 2.45) is 4.99 Å². The van der Waals surface area contributed by atoms with Gasteiger partial charge in [0.05, 0.1) is 6.54 Å². The predicted octanol–water partition coefficient (Wildman–Crippen LogP) is 1.81. The molecule has 2 rings (SSSR count). The fourth-order valence-electron chi connectivity index (χ4n) is 2.42. The molecule has 6 heteroatoms. The van der Waals surface area contributed by atoms with Gasteiger partial charge >= 0.3 is 0 Å². The molecule has 1 aromatic rings. The molecule has 0 saturated carbocycles. The highest BCUT2D eigenvalue weighted by molar-refractivity contribution is 5.79. The Balaban J connectivity index is 1.87. The second-order valence-electron chi connectivity index (χ2n) is 5.34. The Kier molecular flexibility index (Phi) is 7.00. The molecule has 0 aliphatic carbocycles. The molecule has 0 fully saturated rings. The van der Waals surface area contributed by atoms with Gasteiger partial charge in [-0.1, -0.05) is 19.9 Å². The number of aliphatic imine (C=N–C) groups is 1. The fourth-order valence-corrected chi connectivity index (χ4v) is 2.42. The molecule has 1 aromatic carbocycles. The maximum atomic E-state index is 5.40. The quantitative estimate of drug-likeness (QED) is 0.565. The number of hydrogen-bond acceptors (Lipinski definition) is 4. The van der Waals surface area contributed by atoms with Crippen molar-refractivity contribution in [3.05, 3.63) is 23.8 Å². The van der Waals surface area contributed by atoms with Crippen LogP contribution in [-0.2, 0) is 6.54 Å². The van der Waals surface area contributed by atoms with E-state index in [0.717, 1.165) is 55.7 Å². The molecule has 1 aliphatic rings. The minimum atomic E-state index is 0.303. The van der Waals surface area contributed by atoms with Gasteiger partial charge < -0.3 is 25.0 Å². The number of likely N-dealkylation sites (N-methyl/N-ethyl adjacent to an activating group) is 1. The first kappa shape index (κ1) is 17.4. The van der Waals surface area contributed by atoms with Crippen LogP contribution in [0.3, 0.4) is 0 Å². The van der Waals surface area contributed by atoms with Crippen LogP contribution in [0.1, 0.15) is 26.3 Å². The van der Waals surface area contributed by atoms with Gasteiger partial charge in [-0.2, -0.15) is 0 Å². The number of ether oxygens (including phenoxy) is 2. The van der Waals surface area contributed by atoms with E-state index in [1.807, 2.05) is 18.2 Å². The highest BCUT2D eigenvalue weighted by Crippen LogP contribution is 2.32. The highest BCUT2D eigenvalue weighted by atomic mass is 16.7. The SMILES string of the molecule is CCNC(=NCc1ccc2c(c1)OCO2)NCCN(CC)CC. The van der Waals surface area contributed by atoms with E-state index in [1.54, 1.807) is 0 Å². The van der Waals surface area contributed by atoms with E-state index in [2.05, 4.69) is 41.3 Å². The Hall–Kier alpha value is -1.95. The molecule has 0 unspecified atom stereocenters. The first-order chi connectivity index (χ1) is 11.3. The van der Waals surface area contributed by atoms with Crippen LogP contribution in [-0.4, -0.2) is 50.4 Å². The molecule has 0 spiro atoms. The molecular weight excluding hydrogens is 292 g/mol. The normalized spacial score (nSPS) is 13.5. The summed E-state index contributed by atoms with van der Waals surface area (Å²) in [7, 11) is 0. The molecular formula is C17H28N4O2. The Morgan fingerprint density at radius 3 is 2.65 bits per heavy atom. The van der Waals surface area contributed by atoms with Crippen LogP contribution in [0, 0.1) is 0 Å². The summed E-state index contributed by atoms with van der Waals surface area (Å²) in [5.74, 6) is 2.46. The lowest BCUT2D eigenvalue weighted by Crippen LogP contribution is -2.41. The van der Waals surface area contributed by atoms with E-state index in [0.29, 0.717) is 13.3 Å². The van der Waals surface area contributed by atoms with E-state index in [-0.39, 0.29) is 0 Å². The van der Waals surface area contributed by atoms with Gasteiger partial charge in [-0.15, -0.1) is 0 Å². The number of nitrogens with one attached hydrogen (secondary N) is 2. The van der Waals surface area contributed by atoms with Crippen molar-refractivity contribution in [1.29, 1.82) is 0 Å². The molecule has 0 saturated heterocycles. The number of fused-ring (bicyclic) bond motifs is 1. The van der Waals surface area contributed by atoms with Gasteiger partial charge in [-0.3, -0.25) is 0 Å². The fraction of sp³-hybridized carbons (Fsp3) is 0.588. The zero-order valence-electron chi connectivity index (χ0n) is 14.4. The first-order valence-electron chi connectivity index (χ1n) is 8.39. The minimum Gasteiger partial charge on any atom is -0.454 e. The topological polar surface area (TPSA) is 58.1 Å². The molecule has 0 aromatic heterocycles. The zero-order chi connectivity index (χ0) is 16.5. The summed E-state index contributed by atoms with van der Waals surface area (Å²) < 4.78 is 10.7. The summed E-state index contributed by atoms with van der Waals surface area (Å²) >= 11 is 0. The molecule has 0 atom stereocenters. The molecule has 0 bridgehead atoms. The monoisotopic (exact) mass is 320 g/mol. The van der Waals surface area contributed by atoms with Crippen LogP contribution < -0.4 is 20.1 Å². The van der Waals surface area contributed by atoms with Gasteiger partial charge in [-0.25, -0.2) is 4.99 Å². The first-order valence-corrected chi connectivity index (χ1v) is 8.39. The Labute approximate surface area is 138 Å². The number of guanidine groups is 1. The van der Waals surface area contributed by atoms with E-state index >= 15 is 0 Å². The maximum Gasteiger partial charge on any atom is 0.231 e. The number of nitrogens with zero attached hydrogens (tertiary/aromatic N) is 2. The highest BCUT2D eigenvalue weighted by Gasteiger charge is 2.12. The zero-order valence-corrected chi connectivity index (χ0v) is 14.4. The van der Waals surface area contributed by atoms with Crippen molar-refractivity contribution in [2.75, 3.05) is 39.5 Å². The molecule has 0 amide bonds. The standard InChI is InChI=1S/C17H28N4O2/c1-4-18-17(19-9-10-21(5-2)6-3)20-12-14-7-8-15-16(11-14)23-13-22-15/h7-8,11H,4-6,9-10,12-13H2,1-3H3,(H2,18,19,20). The summed E-state index contributed by atoms with van der Waals surface area (Å²) in [6.07, 6.45) is 0. The van der Waals surface area contributed by atoms with Crippen LogP contribution in [0.5, 0.6) is 11.5 Å². The largest absolute Gasteiger partial charge is 0.454 e. The Bertz CT molecular complexity index is 515. The van der Waals surface area contributed by atoms with Crippen molar-refractivity contribution in [1.82, 2.24) is 15.5 Å². The molecule has 1 aliphatic heterocycles. The summed E-state index contributed by atoms with van der Waals surface area (Å²) in [4.78, 5) is 7.02. The van der Waals surface area contributed by atoms with Crippen molar-refractivity contribution in [2.45, 2.75) is 27.3 Å². The van der Waals surface area contributed by atoms with Crippen LogP contribution in [0.25, 0.3) is 0 Å². The summed E-state index contributed by atoms with van der Waals surface area (Å²) in [5.41, 5.74) is 1.11. The van der Waals surface area contributed by atoms with Crippen LogP contribution >= 0.6 is 0 Å². The van der Waals surface area contributed by atoms with E-state index in [4.69, 9.17) is 9.47 Å². The third-order valence-corrected chi connectivity index (χ3v) is 3.82. The van der Waals surface area contributed by atoms with Crippen molar-refractivity contribution in [3.8, 4) is 11.5 Å². The van der Waals surface area contributed by atoms with E-state index in [9.17, 15) is 0 Å². The predicted molar refractivity (Wildman–Crippen MR) is 93.2 cm³/mol.